The van der Waals surface area contributed by atoms with Gasteiger partial charge in [0, 0.05) is 11.6 Å². The molecule has 3 aromatic rings. The minimum atomic E-state index is -0.409. The number of amides is 1. The number of carbonyl (C=O) groups excluding carboxylic acids is 1. The number of thiazole rings is 1. The van der Waals surface area contributed by atoms with Crippen molar-refractivity contribution in [1.82, 2.24) is 20.4 Å². The number of halogens is 1. The summed E-state index contributed by atoms with van der Waals surface area (Å²) in [5.41, 5.74) is 11.7. The molecule has 5 N–H and O–H groups in total. The van der Waals surface area contributed by atoms with Gasteiger partial charge in [-0.15, -0.1) is 11.3 Å². The van der Waals surface area contributed by atoms with Crippen LogP contribution in [0, 0.1) is 0 Å². The second-order valence-electron chi connectivity index (χ2n) is 4.51. The Bertz CT molecular complexity index is 856. The maximum atomic E-state index is 12.1. The van der Waals surface area contributed by atoms with Crippen LogP contribution in [-0.2, 0) is 0 Å². The molecule has 0 aliphatic carbocycles. The quantitative estimate of drug-likeness (QED) is 0.516. The zero-order valence-corrected chi connectivity index (χ0v) is 13.7. The molecule has 0 aliphatic heterocycles. The van der Waals surface area contributed by atoms with Crippen LogP contribution in [0.5, 0.6) is 0 Å². The Morgan fingerprint density at radius 1 is 1.17 bits per heavy atom. The smallest absolute Gasteiger partial charge is 0.271 e. The van der Waals surface area contributed by atoms with Crippen LogP contribution >= 0.6 is 22.9 Å². The second-order valence-corrected chi connectivity index (χ2v) is 5.81. The van der Waals surface area contributed by atoms with Crippen molar-refractivity contribution >= 4 is 51.3 Å². The molecular formula is C14H12ClN7OS. The van der Waals surface area contributed by atoms with Gasteiger partial charge in [0.15, 0.2) is 16.8 Å². The zero-order valence-electron chi connectivity index (χ0n) is 12.2. The lowest BCUT2D eigenvalue weighted by molar-refractivity contribution is 0.0962. The van der Waals surface area contributed by atoms with Crippen LogP contribution in [0.3, 0.4) is 0 Å². The van der Waals surface area contributed by atoms with Gasteiger partial charge in [-0.2, -0.15) is 0 Å². The van der Waals surface area contributed by atoms with E-state index in [4.69, 9.17) is 17.3 Å². The highest BCUT2D eigenvalue weighted by atomic mass is 35.5. The van der Waals surface area contributed by atoms with Gasteiger partial charge in [0.25, 0.3) is 5.91 Å². The Hall–Kier alpha value is -2.91. The molecule has 1 amide bonds. The molecule has 10 heteroatoms. The van der Waals surface area contributed by atoms with Gasteiger partial charge in [-0.3, -0.25) is 15.6 Å². The third kappa shape index (κ3) is 3.53. The lowest BCUT2D eigenvalue weighted by Gasteiger charge is -2.12. The monoisotopic (exact) mass is 361 g/mol. The molecule has 0 bridgehead atoms. The van der Waals surface area contributed by atoms with E-state index in [1.54, 1.807) is 30.5 Å². The summed E-state index contributed by atoms with van der Waals surface area (Å²) in [6.07, 6.45) is 2.98. The molecule has 0 spiro atoms. The summed E-state index contributed by atoms with van der Waals surface area (Å²) in [5, 5.41) is 5.79. The van der Waals surface area contributed by atoms with Crippen molar-refractivity contribution in [1.29, 1.82) is 0 Å². The van der Waals surface area contributed by atoms with E-state index >= 15 is 0 Å². The molecule has 2 aromatic heterocycles. The van der Waals surface area contributed by atoms with Crippen LogP contribution in [0.2, 0.25) is 5.02 Å². The van der Waals surface area contributed by atoms with Gasteiger partial charge in [0.1, 0.15) is 12.0 Å². The first-order valence-electron chi connectivity index (χ1n) is 6.73. The molecule has 0 fully saturated rings. The average Bonchev–Trinajstić information content (AvgIpc) is 3.09. The number of benzene rings is 1. The first-order valence-corrected chi connectivity index (χ1v) is 7.99. The minimum Gasteiger partial charge on any atom is -0.393 e. The first-order chi connectivity index (χ1) is 11.6. The summed E-state index contributed by atoms with van der Waals surface area (Å²) in [6.45, 7) is 0. The van der Waals surface area contributed by atoms with Gasteiger partial charge >= 0.3 is 0 Å². The van der Waals surface area contributed by atoms with Gasteiger partial charge in [0.2, 0.25) is 0 Å². The standard InChI is InChI=1S/C14H12ClN7OS/c15-9-4-2-1-3-8(9)13(23)22-21-12-10(16)11(18-7-19-12)20-14-17-5-6-24-14/h1-7H,16H2,(H,22,23)(H2,17,18,19,20,21). The molecule has 0 radical (unpaired) electrons. The fourth-order valence-corrected chi connectivity index (χ4v) is 2.56. The molecular weight excluding hydrogens is 350 g/mol. The van der Waals surface area contributed by atoms with E-state index in [-0.39, 0.29) is 11.5 Å². The fourth-order valence-electron chi connectivity index (χ4n) is 1.81. The lowest BCUT2D eigenvalue weighted by Crippen LogP contribution is -2.30. The number of nitrogens with one attached hydrogen (secondary N) is 3. The number of hydrazine groups is 1. The van der Waals surface area contributed by atoms with E-state index in [9.17, 15) is 4.79 Å². The van der Waals surface area contributed by atoms with Crippen molar-refractivity contribution in [3.8, 4) is 0 Å². The zero-order chi connectivity index (χ0) is 16.9. The van der Waals surface area contributed by atoms with Crippen LogP contribution in [0.25, 0.3) is 0 Å². The summed E-state index contributed by atoms with van der Waals surface area (Å²) in [7, 11) is 0. The summed E-state index contributed by atoms with van der Waals surface area (Å²) < 4.78 is 0. The number of anilines is 4. The van der Waals surface area contributed by atoms with Gasteiger partial charge in [-0.1, -0.05) is 23.7 Å². The van der Waals surface area contributed by atoms with Crippen molar-refractivity contribution in [2.45, 2.75) is 0 Å². The molecule has 0 unspecified atom stereocenters. The maximum absolute atomic E-state index is 12.1. The number of aromatic nitrogens is 3. The Kier molecular flexibility index (Phi) is 4.73. The van der Waals surface area contributed by atoms with Crippen molar-refractivity contribution in [3.63, 3.8) is 0 Å². The number of nitrogen functional groups attached to an aromatic ring is 1. The average molecular weight is 362 g/mol. The molecule has 2 heterocycles. The first kappa shape index (κ1) is 16.0. The molecule has 3 rings (SSSR count). The van der Waals surface area contributed by atoms with Gasteiger partial charge < -0.3 is 11.1 Å². The van der Waals surface area contributed by atoms with Gasteiger partial charge in [-0.25, -0.2) is 15.0 Å². The number of carbonyl (C=O) groups is 1. The van der Waals surface area contributed by atoms with Crippen molar-refractivity contribution < 1.29 is 4.79 Å². The van der Waals surface area contributed by atoms with E-state index < -0.39 is 5.91 Å². The highest BCUT2D eigenvalue weighted by Crippen LogP contribution is 2.26. The van der Waals surface area contributed by atoms with Gasteiger partial charge in [-0.05, 0) is 12.1 Å². The molecule has 0 saturated carbocycles. The Morgan fingerprint density at radius 2 is 1.96 bits per heavy atom. The van der Waals surface area contributed by atoms with Crippen LogP contribution in [0.4, 0.5) is 22.5 Å². The molecule has 0 atom stereocenters. The minimum absolute atomic E-state index is 0.243. The third-order valence-corrected chi connectivity index (χ3v) is 3.97. The maximum Gasteiger partial charge on any atom is 0.271 e. The second kappa shape index (κ2) is 7.11. The predicted octanol–water partition coefficient (Wildman–Crippen LogP) is 2.67. The van der Waals surface area contributed by atoms with Gasteiger partial charge in [0.05, 0.1) is 10.6 Å². The molecule has 8 nitrogen and oxygen atoms in total. The predicted molar refractivity (Wildman–Crippen MR) is 94.4 cm³/mol. The van der Waals surface area contributed by atoms with E-state index in [0.29, 0.717) is 21.5 Å². The highest BCUT2D eigenvalue weighted by Gasteiger charge is 2.12. The number of rotatable bonds is 5. The Morgan fingerprint density at radius 3 is 2.71 bits per heavy atom. The van der Waals surface area contributed by atoms with E-state index in [1.165, 1.54) is 17.7 Å². The van der Waals surface area contributed by atoms with Crippen LogP contribution < -0.4 is 21.9 Å². The molecule has 0 aliphatic rings. The molecule has 24 heavy (non-hydrogen) atoms. The fraction of sp³-hybridized carbons (Fsp3) is 0. The number of hydrogen-bond donors (Lipinski definition) is 4. The summed E-state index contributed by atoms with van der Waals surface area (Å²) in [5.74, 6) is 0.229. The SMILES string of the molecule is Nc1c(NNC(=O)c2ccccc2Cl)ncnc1Nc1nccs1. The third-order valence-electron chi connectivity index (χ3n) is 2.95. The lowest BCUT2D eigenvalue weighted by atomic mass is 10.2. The summed E-state index contributed by atoms with van der Waals surface area (Å²) in [4.78, 5) is 24.3. The van der Waals surface area contributed by atoms with E-state index in [0.717, 1.165) is 0 Å². The van der Waals surface area contributed by atoms with Crippen molar-refractivity contribution in [2.75, 3.05) is 16.5 Å². The van der Waals surface area contributed by atoms with Crippen LogP contribution in [0.1, 0.15) is 10.4 Å². The Balaban J connectivity index is 1.71. The Labute approximate surface area is 146 Å². The number of nitrogens with zero attached hydrogens (tertiary/aromatic N) is 3. The topological polar surface area (TPSA) is 118 Å². The van der Waals surface area contributed by atoms with Crippen LogP contribution in [-0.4, -0.2) is 20.9 Å². The van der Waals surface area contributed by atoms with E-state index in [1.807, 2.05) is 5.38 Å². The molecule has 122 valence electrons. The molecule has 1 aromatic carbocycles. The highest BCUT2D eigenvalue weighted by molar-refractivity contribution is 7.13. The van der Waals surface area contributed by atoms with Crippen LogP contribution in [0.15, 0.2) is 42.2 Å². The largest absolute Gasteiger partial charge is 0.393 e. The summed E-state index contributed by atoms with van der Waals surface area (Å²) >= 11 is 7.39. The summed E-state index contributed by atoms with van der Waals surface area (Å²) in [6, 6.07) is 6.70. The van der Waals surface area contributed by atoms with Crippen molar-refractivity contribution in [3.05, 3.63) is 52.8 Å². The van der Waals surface area contributed by atoms with E-state index in [2.05, 4.69) is 31.1 Å². The molecule has 0 saturated heterocycles. The van der Waals surface area contributed by atoms with Crippen molar-refractivity contribution in [2.24, 2.45) is 0 Å². The number of hydrogen-bond acceptors (Lipinski definition) is 8. The normalized spacial score (nSPS) is 10.2. The number of nitrogens with two attached hydrogens (primary N) is 1.